The first-order valence-corrected chi connectivity index (χ1v) is 7.10. The van der Waals surface area contributed by atoms with Gasteiger partial charge in [-0.25, -0.2) is 4.79 Å². The first kappa shape index (κ1) is 15.9. The number of aliphatic carboxylic acids is 1. The summed E-state index contributed by atoms with van der Waals surface area (Å²) >= 11 is 0. The lowest BCUT2D eigenvalue weighted by Gasteiger charge is -2.18. The Bertz CT molecular complexity index is 664. The summed E-state index contributed by atoms with van der Waals surface area (Å²) in [7, 11) is 1.53. The van der Waals surface area contributed by atoms with Gasteiger partial charge in [-0.05, 0) is 37.1 Å². The van der Waals surface area contributed by atoms with Crippen molar-refractivity contribution in [3.63, 3.8) is 0 Å². The quantitative estimate of drug-likeness (QED) is 0.888. The average Bonchev–Trinajstić information content (AvgIpc) is 2.49. The molecular formula is C18H20O4. The smallest absolute Gasteiger partial charge is 0.345 e. The number of rotatable bonds is 6. The molecule has 0 bridgehead atoms. The second-order valence-corrected chi connectivity index (χ2v) is 5.23. The van der Waals surface area contributed by atoms with E-state index in [4.69, 9.17) is 9.47 Å². The number of carbonyl (C=O) groups is 1. The van der Waals surface area contributed by atoms with Crippen molar-refractivity contribution in [2.75, 3.05) is 7.11 Å². The molecule has 0 heterocycles. The molecule has 4 nitrogen and oxygen atoms in total. The summed E-state index contributed by atoms with van der Waals surface area (Å²) in [6.45, 7) is 3.99. The number of para-hydroxylation sites is 2. The maximum atomic E-state index is 11.5. The number of benzene rings is 2. The monoisotopic (exact) mass is 300 g/mol. The van der Waals surface area contributed by atoms with Gasteiger partial charge in [0.05, 0.1) is 7.11 Å². The van der Waals surface area contributed by atoms with Gasteiger partial charge in [0, 0.05) is 6.42 Å². The molecule has 0 amide bonds. The van der Waals surface area contributed by atoms with Gasteiger partial charge in [-0.1, -0.05) is 35.9 Å². The van der Waals surface area contributed by atoms with Crippen LogP contribution >= 0.6 is 0 Å². The Morgan fingerprint density at radius 2 is 1.82 bits per heavy atom. The summed E-state index contributed by atoms with van der Waals surface area (Å²) in [6.07, 6.45) is -0.655. The summed E-state index contributed by atoms with van der Waals surface area (Å²) in [6, 6.07) is 13.0. The van der Waals surface area contributed by atoms with Crippen molar-refractivity contribution < 1.29 is 19.4 Å². The largest absolute Gasteiger partial charge is 0.493 e. The molecule has 2 aromatic carbocycles. The molecule has 0 spiro atoms. The molecule has 0 aliphatic carbocycles. The van der Waals surface area contributed by atoms with E-state index in [-0.39, 0.29) is 0 Å². The fourth-order valence-electron chi connectivity index (χ4n) is 2.32. The number of carboxylic acids is 1. The Morgan fingerprint density at radius 1 is 1.14 bits per heavy atom. The third-order valence-electron chi connectivity index (χ3n) is 3.52. The zero-order valence-corrected chi connectivity index (χ0v) is 13.0. The molecule has 0 radical (unpaired) electrons. The summed E-state index contributed by atoms with van der Waals surface area (Å²) < 4.78 is 10.9. The van der Waals surface area contributed by atoms with Crippen LogP contribution in [0, 0.1) is 13.8 Å². The Morgan fingerprint density at radius 3 is 2.41 bits per heavy atom. The summed E-state index contributed by atoms with van der Waals surface area (Å²) in [5.74, 6) is -0.0394. The van der Waals surface area contributed by atoms with Crippen molar-refractivity contribution in [2.45, 2.75) is 26.4 Å². The number of aryl methyl sites for hydroxylation is 2. The van der Waals surface area contributed by atoms with Gasteiger partial charge in [-0.2, -0.15) is 0 Å². The van der Waals surface area contributed by atoms with E-state index in [0.29, 0.717) is 17.9 Å². The van der Waals surface area contributed by atoms with Crippen molar-refractivity contribution in [1.29, 1.82) is 0 Å². The molecule has 0 saturated heterocycles. The summed E-state index contributed by atoms with van der Waals surface area (Å²) in [5.41, 5.74) is 3.18. The number of hydrogen-bond donors (Lipinski definition) is 1. The second kappa shape index (κ2) is 6.98. The Balaban J connectivity index is 2.22. The average molecular weight is 300 g/mol. The molecule has 0 fully saturated rings. The minimum atomic E-state index is -0.995. The Labute approximate surface area is 130 Å². The predicted octanol–water partition coefficient (Wildman–Crippen LogP) is 3.39. The molecule has 0 aromatic heterocycles. The highest BCUT2D eigenvalue weighted by Crippen LogP contribution is 2.27. The van der Waals surface area contributed by atoms with Crippen LogP contribution in [0.5, 0.6) is 11.5 Å². The fourth-order valence-corrected chi connectivity index (χ4v) is 2.32. The van der Waals surface area contributed by atoms with Crippen LogP contribution in [0.25, 0.3) is 0 Å². The van der Waals surface area contributed by atoms with Gasteiger partial charge in [-0.15, -0.1) is 0 Å². The number of hydrogen-bond acceptors (Lipinski definition) is 3. The van der Waals surface area contributed by atoms with Crippen LogP contribution in [0.3, 0.4) is 0 Å². The molecule has 0 aliphatic heterocycles. The maximum Gasteiger partial charge on any atom is 0.345 e. The zero-order chi connectivity index (χ0) is 16.1. The minimum absolute atomic E-state index is 0.305. The standard InChI is InChI=1S/C18H20O4/c1-12-8-9-14(13(2)10-12)11-17(18(19)20)22-16-7-5-4-6-15(16)21-3/h4-10,17H,11H2,1-3H3,(H,19,20)/t17-/m1/s1. The van der Waals surface area contributed by atoms with Crippen molar-refractivity contribution in [2.24, 2.45) is 0 Å². The third-order valence-corrected chi connectivity index (χ3v) is 3.52. The third kappa shape index (κ3) is 3.79. The van der Waals surface area contributed by atoms with E-state index in [1.165, 1.54) is 7.11 Å². The maximum absolute atomic E-state index is 11.5. The normalized spacial score (nSPS) is 11.8. The summed E-state index contributed by atoms with van der Waals surface area (Å²) in [4.78, 5) is 11.5. The van der Waals surface area contributed by atoms with E-state index in [1.54, 1.807) is 18.2 Å². The minimum Gasteiger partial charge on any atom is -0.493 e. The van der Waals surface area contributed by atoms with Gasteiger partial charge in [-0.3, -0.25) is 0 Å². The van der Waals surface area contributed by atoms with Gasteiger partial charge in [0.1, 0.15) is 0 Å². The molecule has 2 rings (SSSR count). The number of ether oxygens (including phenoxy) is 2. The van der Waals surface area contributed by atoms with Gasteiger partial charge >= 0.3 is 5.97 Å². The van der Waals surface area contributed by atoms with Gasteiger partial charge < -0.3 is 14.6 Å². The Hall–Kier alpha value is -2.49. The Kier molecular flexibility index (Phi) is 5.04. The van der Waals surface area contributed by atoms with Gasteiger partial charge in [0.25, 0.3) is 0 Å². The summed E-state index contributed by atoms with van der Waals surface area (Å²) in [5, 5.41) is 9.44. The molecule has 0 saturated carbocycles. The number of methoxy groups -OCH3 is 1. The lowest BCUT2D eigenvalue weighted by molar-refractivity contribution is -0.145. The molecular weight excluding hydrogens is 280 g/mol. The second-order valence-electron chi connectivity index (χ2n) is 5.23. The highest BCUT2D eigenvalue weighted by atomic mass is 16.5. The van der Waals surface area contributed by atoms with Crippen LogP contribution in [0.15, 0.2) is 42.5 Å². The van der Waals surface area contributed by atoms with Crippen LogP contribution in [0.1, 0.15) is 16.7 Å². The fraction of sp³-hybridized carbons (Fsp3) is 0.278. The highest BCUT2D eigenvalue weighted by molar-refractivity contribution is 5.73. The lowest BCUT2D eigenvalue weighted by Crippen LogP contribution is -2.29. The van der Waals surface area contributed by atoms with E-state index < -0.39 is 12.1 Å². The first-order chi connectivity index (χ1) is 10.5. The molecule has 1 atom stereocenters. The molecule has 1 N–H and O–H groups in total. The van der Waals surface area contributed by atoms with Crippen molar-refractivity contribution in [3.05, 3.63) is 59.2 Å². The van der Waals surface area contributed by atoms with Crippen molar-refractivity contribution in [1.82, 2.24) is 0 Å². The van der Waals surface area contributed by atoms with Crippen molar-refractivity contribution >= 4 is 5.97 Å². The van der Waals surface area contributed by atoms with E-state index >= 15 is 0 Å². The van der Waals surface area contributed by atoms with E-state index in [2.05, 4.69) is 0 Å². The molecule has 0 unspecified atom stereocenters. The predicted molar refractivity (Wildman–Crippen MR) is 84.7 cm³/mol. The SMILES string of the molecule is COc1ccccc1O[C@H](Cc1ccc(C)cc1C)C(=O)O. The van der Waals surface area contributed by atoms with Gasteiger partial charge in [0.2, 0.25) is 0 Å². The van der Waals surface area contributed by atoms with Crippen LogP contribution in [-0.4, -0.2) is 24.3 Å². The van der Waals surface area contributed by atoms with Crippen molar-refractivity contribution in [3.8, 4) is 11.5 Å². The van der Waals surface area contributed by atoms with Crippen LogP contribution in [-0.2, 0) is 11.2 Å². The van der Waals surface area contributed by atoms with Crippen LogP contribution in [0.4, 0.5) is 0 Å². The molecule has 22 heavy (non-hydrogen) atoms. The molecule has 4 heteroatoms. The molecule has 0 aliphatic rings. The first-order valence-electron chi connectivity index (χ1n) is 7.10. The van der Waals surface area contributed by atoms with Crippen LogP contribution in [0.2, 0.25) is 0 Å². The van der Waals surface area contributed by atoms with E-state index in [0.717, 1.165) is 16.7 Å². The van der Waals surface area contributed by atoms with E-state index in [1.807, 2.05) is 38.1 Å². The van der Waals surface area contributed by atoms with E-state index in [9.17, 15) is 9.90 Å². The zero-order valence-electron chi connectivity index (χ0n) is 13.0. The molecule has 116 valence electrons. The topological polar surface area (TPSA) is 55.8 Å². The van der Waals surface area contributed by atoms with Gasteiger partial charge in [0.15, 0.2) is 17.6 Å². The number of carboxylic acid groups (broad SMARTS) is 1. The lowest BCUT2D eigenvalue weighted by atomic mass is 10.0. The molecule has 2 aromatic rings. The van der Waals surface area contributed by atoms with Crippen LogP contribution < -0.4 is 9.47 Å². The highest BCUT2D eigenvalue weighted by Gasteiger charge is 2.22.